The lowest BCUT2D eigenvalue weighted by molar-refractivity contribution is 0.298. The van der Waals surface area contributed by atoms with E-state index in [1.807, 2.05) is 0 Å². The van der Waals surface area contributed by atoms with E-state index in [1.165, 1.54) is 49.1 Å². The van der Waals surface area contributed by atoms with Crippen LogP contribution in [0.5, 0.6) is 0 Å². The molecule has 1 fully saturated rings. The monoisotopic (exact) mass is 336 g/mol. The van der Waals surface area contributed by atoms with Crippen LogP contribution in [0.15, 0.2) is 41.6 Å². The standard InChI is InChI=1S/C22H28N2O/c1-22(2)14-19(23-25)18-13-20(16-9-5-3-6-10-16)24(21(18)15-22)17-11-7-4-8-12-17/h3,5-6,9-10,13,17,25H,4,7-8,11-12,14-15H2,1-2H3/b23-19+. The Morgan fingerprint density at radius 2 is 1.76 bits per heavy atom. The number of hydrogen-bond acceptors (Lipinski definition) is 2. The van der Waals surface area contributed by atoms with Crippen molar-refractivity contribution in [3.63, 3.8) is 0 Å². The van der Waals surface area contributed by atoms with Crippen LogP contribution in [0.3, 0.4) is 0 Å². The van der Waals surface area contributed by atoms with Crippen LogP contribution in [0.2, 0.25) is 0 Å². The zero-order valence-corrected chi connectivity index (χ0v) is 15.3. The number of oxime groups is 1. The predicted octanol–water partition coefficient (Wildman–Crippen LogP) is 5.81. The van der Waals surface area contributed by atoms with E-state index in [0.717, 1.165) is 24.1 Å². The summed E-state index contributed by atoms with van der Waals surface area (Å²) in [6.45, 7) is 4.56. The summed E-state index contributed by atoms with van der Waals surface area (Å²) in [4.78, 5) is 0. The van der Waals surface area contributed by atoms with E-state index in [2.05, 4.69) is 60.0 Å². The Balaban J connectivity index is 1.91. The van der Waals surface area contributed by atoms with Crippen molar-refractivity contribution >= 4 is 5.71 Å². The highest BCUT2D eigenvalue weighted by atomic mass is 16.4. The molecule has 2 aliphatic rings. The molecule has 0 aliphatic heterocycles. The number of aromatic nitrogens is 1. The van der Waals surface area contributed by atoms with Crippen LogP contribution in [-0.4, -0.2) is 15.5 Å². The molecule has 0 spiro atoms. The maximum atomic E-state index is 9.63. The Hall–Kier alpha value is -2.03. The third kappa shape index (κ3) is 3.01. The van der Waals surface area contributed by atoms with Crippen molar-refractivity contribution in [2.75, 3.05) is 0 Å². The Bertz CT molecular complexity index is 780. The quantitative estimate of drug-likeness (QED) is 0.545. The minimum absolute atomic E-state index is 0.132. The molecule has 3 nitrogen and oxygen atoms in total. The summed E-state index contributed by atoms with van der Waals surface area (Å²) in [7, 11) is 0. The second-order valence-corrected chi connectivity index (χ2v) is 8.48. The highest BCUT2D eigenvalue weighted by molar-refractivity contribution is 6.03. The molecule has 0 saturated heterocycles. The lowest BCUT2D eigenvalue weighted by Crippen LogP contribution is -2.29. The summed E-state index contributed by atoms with van der Waals surface area (Å²) in [5, 5.41) is 13.3. The molecule has 132 valence electrons. The molecule has 1 aromatic carbocycles. The first-order chi connectivity index (χ1) is 12.1. The molecule has 0 bridgehead atoms. The van der Waals surface area contributed by atoms with Gasteiger partial charge in [0, 0.05) is 23.0 Å². The molecule has 1 heterocycles. The van der Waals surface area contributed by atoms with Gasteiger partial charge in [0.1, 0.15) is 0 Å². The van der Waals surface area contributed by atoms with Gasteiger partial charge in [-0.05, 0) is 42.7 Å². The van der Waals surface area contributed by atoms with Crippen molar-refractivity contribution < 1.29 is 5.21 Å². The van der Waals surface area contributed by atoms with Gasteiger partial charge in [-0.15, -0.1) is 0 Å². The third-order valence-electron chi connectivity index (χ3n) is 5.88. The van der Waals surface area contributed by atoms with Crippen LogP contribution in [0.25, 0.3) is 11.3 Å². The summed E-state index contributed by atoms with van der Waals surface area (Å²) in [6, 6.07) is 13.5. The van der Waals surface area contributed by atoms with Gasteiger partial charge in [0.05, 0.1) is 5.71 Å². The van der Waals surface area contributed by atoms with Crippen molar-refractivity contribution in [3.8, 4) is 11.3 Å². The molecule has 1 aromatic heterocycles. The van der Waals surface area contributed by atoms with Gasteiger partial charge in [-0.3, -0.25) is 0 Å². The van der Waals surface area contributed by atoms with E-state index in [9.17, 15) is 5.21 Å². The van der Waals surface area contributed by atoms with E-state index in [0.29, 0.717) is 6.04 Å². The van der Waals surface area contributed by atoms with Gasteiger partial charge in [-0.2, -0.15) is 0 Å². The fraction of sp³-hybridized carbons (Fsp3) is 0.500. The average Bonchev–Trinajstić information content (AvgIpc) is 3.00. The molecule has 0 radical (unpaired) electrons. The minimum Gasteiger partial charge on any atom is -0.411 e. The maximum absolute atomic E-state index is 9.63. The molecule has 1 N–H and O–H groups in total. The maximum Gasteiger partial charge on any atom is 0.0891 e. The number of fused-ring (bicyclic) bond motifs is 1. The van der Waals surface area contributed by atoms with E-state index < -0.39 is 0 Å². The fourth-order valence-corrected chi connectivity index (χ4v) is 4.74. The number of hydrogen-bond donors (Lipinski definition) is 1. The van der Waals surface area contributed by atoms with Crippen molar-refractivity contribution in [3.05, 3.63) is 47.7 Å². The van der Waals surface area contributed by atoms with Gasteiger partial charge in [0.25, 0.3) is 0 Å². The molecule has 0 unspecified atom stereocenters. The van der Waals surface area contributed by atoms with Crippen molar-refractivity contribution in [2.24, 2.45) is 10.6 Å². The SMILES string of the molecule is CC1(C)C/C(=N\O)c2cc(-c3ccccc3)n(C3CCCCC3)c2C1. The van der Waals surface area contributed by atoms with Crippen molar-refractivity contribution in [2.45, 2.75) is 64.8 Å². The van der Waals surface area contributed by atoms with Crippen molar-refractivity contribution in [1.82, 2.24) is 4.57 Å². The number of benzene rings is 1. The molecular weight excluding hydrogens is 308 g/mol. The molecule has 4 rings (SSSR count). The third-order valence-corrected chi connectivity index (χ3v) is 5.88. The highest BCUT2D eigenvalue weighted by Crippen LogP contribution is 2.43. The molecule has 1 saturated carbocycles. The number of nitrogens with zero attached hydrogens (tertiary/aromatic N) is 2. The van der Waals surface area contributed by atoms with Crippen LogP contribution in [-0.2, 0) is 6.42 Å². The first-order valence-electron chi connectivity index (χ1n) is 9.60. The van der Waals surface area contributed by atoms with E-state index in [1.54, 1.807) is 0 Å². The lowest BCUT2D eigenvalue weighted by atomic mass is 9.75. The largest absolute Gasteiger partial charge is 0.411 e. The summed E-state index contributed by atoms with van der Waals surface area (Å²) < 4.78 is 2.59. The zero-order valence-electron chi connectivity index (χ0n) is 15.3. The summed E-state index contributed by atoms with van der Waals surface area (Å²) in [6.07, 6.45) is 8.38. The molecule has 3 heteroatoms. The lowest BCUT2D eigenvalue weighted by Gasteiger charge is -2.34. The summed E-state index contributed by atoms with van der Waals surface area (Å²) in [5.41, 5.74) is 6.06. The van der Waals surface area contributed by atoms with Gasteiger partial charge in [0.15, 0.2) is 0 Å². The Kier molecular flexibility index (Phi) is 4.18. The first kappa shape index (κ1) is 16.4. The van der Waals surface area contributed by atoms with Gasteiger partial charge in [-0.1, -0.05) is 68.6 Å². The smallest absolute Gasteiger partial charge is 0.0891 e. The van der Waals surface area contributed by atoms with Crippen LogP contribution in [0.4, 0.5) is 0 Å². The molecule has 25 heavy (non-hydrogen) atoms. The minimum atomic E-state index is 0.132. The fourth-order valence-electron chi connectivity index (χ4n) is 4.74. The Morgan fingerprint density at radius 1 is 1.04 bits per heavy atom. The van der Waals surface area contributed by atoms with Gasteiger partial charge >= 0.3 is 0 Å². The Labute approximate surface area is 150 Å². The number of rotatable bonds is 2. The summed E-state index contributed by atoms with van der Waals surface area (Å²) >= 11 is 0. The first-order valence-corrected chi connectivity index (χ1v) is 9.60. The Morgan fingerprint density at radius 3 is 2.44 bits per heavy atom. The van der Waals surface area contributed by atoms with Crippen LogP contribution in [0.1, 0.15) is 69.7 Å². The molecule has 0 atom stereocenters. The van der Waals surface area contributed by atoms with E-state index >= 15 is 0 Å². The molecule has 0 amide bonds. The predicted molar refractivity (Wildman–Crippen MR) is 102 cm³/mol. The normalized spacial score (nSPS) is 22.1. The van der Waals surface area contributed by atoms with Crippen molar-refractivity contribution in [1.29, 1.82) is 0 Å². The van der Waals surface area contributed by atoms with Gasteiger partial charge in [0.2, 0.25) is 0 Å². The molecule has 2 aromatic rings. The topological polar surface area (TPSA) is 37.5 Å². The molecule has 2 aliphatic carbocycles. The van der Waals surface area contributed by atoms with E-state index in [-0.39, 0.29) is 5.41 Å². The second-order valence-electron chi connectivity index (χ2n) is 8.48. The van der Waals surface area contributed by atoms with Crippen LogP contribution >= 0.6 is 0 Å². The molecular formula is C22H28N2O. The summed E-state index contributed by atoms with van der Waals surface area (Å²) in [5.74, 6) is 0. The zero-order chi connectivity index (χ0) is 17.4. The van der Waals surface area contributed by atoms with E-state index in [4.69, 9.17) is 0 Å². The highest BCUT2D eigenvalue weighted by Gasteiger charge is 2.35. The van der Waals surface area contributed by atoms with Crippen LogP contribution < -0.4 is 0 Å². The average molecular weight is 336 g/mol. The van der Waals surface area contributed by atoms with Gasteiger partial charge in [-0.25, -0.2) is 0 Å². The van der Waals surface area contributed by atoms with Crippen LogP contribution in [0, 0.1) is 5.41 Å². The van der Waals surface area contributed by atoms with Gasteiger partial charge < -0.3 is 9.77 Å². The second kappa shape index (κ2) is 6.36.